The lowest BCUT2D eigenvalue weighted by Crippen LogP contribution is -2.43. The maximum atomic E-state index is 9.74. The fraction of sp³-hybridized carbons (Fsp3) is 1.00. The minimum Gasteiger partial charge on any atom is -0.383 e. The lowest BCUT2D eigenvalue weighted by atomic mass is 9.94. The second-order valence-electron chi connectivity index (χ2n) is 5.74. The van der Waals surface area contributed by atoms with Gasteiger partial charge in [-0.15, -0.1) is 12.6 Å². The highest BCUT2D eigenvalue weighted by Crippen LogP contribution is 2.27. The summed E-state index contributed by atoms with van der Waals surface area (Å²) in [7, 11) is 0. The molecule has 0 aromatic carbocycles. The molecule has 4 atom stereocenters. The Labute approximate surface area is 120 Å². The Morgan fingerprint density at radius 1 is 1.32 bits per heavy atom. The topological polar surface area (TPSA) is 84.9 Å². The number of rotatable bonds is 7. The predicted molar refractivity (Wildman–Crippen MR) is 77.0 cm³/mol. The Morgan fingerprint density at radius 2 is 1.89 bits per heavy atom. The lowest BCUT2D eigenvalue weighted by Gasteiger charge is -2.35. The fourth-order valence-corrected chi connectivity index (χ4v) is 2.62. The number of aliphatic hydroxyl groups is 2. The van der Waals surface area contributed by atoms with Crippen molar-refractivity contribution in [3.05, 3.63) is 0 Å². The maximum absolute atomic E-state index is 9.74. The van der Waals surface area contributed by atoms with E-state index in [1.165, 1.54) is 0 Å². The van der Waals surface area contributed by atoms with Gasteiger partial charge < -0.3 is 25.4 Å². The van der Waals surface area contributed by atoms with Gasteiger partial charge in [-0.2, -0.15) is 0 Å². The summed E-state index contributed by atoms with van der Waals surface area (Å²) in [6, 6.07) is -0.239. The molecule has 6 heteroatoms. The van der Waals surface area contributed by atoms with Crippen molar-refractivity contribution >= 4 is 12.6 Å². The van der Waals surface area contributed by atoms with E-state index in [0.717, 1.165) is 25.7 Å². The van der Waals surface area contributed by atoms with Gasteiger partial charge in [0.2, 0.25) is 0 Å². The molecule has 0 amide bonds. The first-order valence-electron chi connectivity index (χ1n) is 6.91. The van der Waals surface area contributed by atoms with Gasteiger partial charge in [-0.25, -0.2) is 0 Å². The second-order valence-corrected chi connectivity index (χ2v) is 6.33. The summed E-state index contributed by atoms with van der Waals surface area (Å²) < 4.78 is 11.4. The zero-order valence-corrected chi connectivity index (χ0v) is 12.7. The summed E-state index contributed by atoms with van der Waals surface area (Å²) >= 11 is 3.89. The number of hydrogen-bond donors (Lipinski definition) is 4. The van der Waals surface area contributed by atoms with Crippen molar-refractivity contribution in [2.45, 2.75) is 75.4 Å². The van der Waals surface area contributed by atoms with E-state index in [9.17, 15) is 5.11 Å². The maximum Gasteiger partial charge on any atom is 0.160 e. The lowest BCUT2D eigenvalue weighted by molar-refractivity contribution is -0.237. The normalized spacial score (nSPS) is 28.1. The Morgan fingerprint density at radius 3 is 2.42 bits per heavy atom. The van der Waals surface area contributed by atoms with E-state index in [1.807, 2.05) is 0 Å². The van der Waals surface area contributed by atoms with Gasteiger partial charge in [0.05, 0.1) is 24.3 Å². The van der Waals surface area contributed by atoms with E-state index < -0.39 is 11.2 Å². The van der Waals surface area contributed by atoms with E-state index in [4.69, 9.17) is 20.3 Å². The number of nitrogens with two attached hydrogens (primary N) is 1. The monoisotopic (exact) mass is 293 g/mol. The molecule has 0 heterocycles. The molecule has 0 aliphatic heterocycles. The molecule has 1 aliphatic rings. The molecule has 1 saturated carbocycles. The zero-order valence-electron chi connectivity index (χ0n) is 11.8. The van der Waals surface area contributed by atoms with E-state index in [1.54, 1.807) is 13.8 Å². The van der Waals surface area contributed by atoms with E-state index in [-0.39, 0.29) is 18.2 Å². The molecule has 0 bridgehead atoms. The summed E-state index contributed by atoms with van der Waals surface area (Å²) in [5, 5.41) is 18.9. The van der Waals surface area contributed by atoms with Crippen LogP contribution in [0.4, 0.5) is 0 Å². The molecule has 0 spiro atoms. The van der Waals surface area contributed by atoms with E-state index in [2.05, 4.69) is 12.6 Å². The summed E-state index contributed by atoms with van der Waals surface area (Å²) in [5.41, 5.74) is 5.13. The van der Waals surface area contributed by atoms with Gasteiger partial charge in [-0.3, -0.25) is 0 Å². The third-order valence-electron chi connectivity index (χ3n) is 3.12. The SMILES string of the molecule is CC(C)(O)OC1CCCCC1OCC(N)CC(O)S. The average Bonchev–Trinajstić information content (AvgIpc) is 2.25. The highest BCUT2D eigenvalue weighted by molar-refractivity contribution is 7.80. The van der Waals surface area contributed by atoms with Gasteiger partial charge in [0, 0.05) is 6.04 Å². The van der Waals surface area contributed by atoms with Gasteiger partial charge in [0.1, 0.15) is 0 Å². The average molecular weight is 293 g/mol. The summed E-state index contributed by atoms with van der Waals surface area (Å²) in [5.74, 6) is -1.15. The smallest absolute Gasteiger partial charge is 0.160 e. The van der Waals surface area contributed by atoms with Crippen molar-refractivity contribution in [1.82, 2.24) is 0 Å². The number of thiol groups is 1. The molecular weight excluding hydrogens is 266 g/mol. The van der Waals surface area contributed by atoms with Crippen LogP contribution in [0, 0.1) is 0 Å². The molecule has 114 valence electrons. The van der Waals surface area contributed by atoms with E-state index >= 15 is 0 Å². The zero-order chi connectivity index (χ0) is 14.5. The van der Waals surface area contributed by atoms with Crippen LogP contribution >= 0.6 is 12.6 Å². The minimum absolute atomic E-state index is 0.0386. The van der Waals surface area contributed by atoms with Gasteiger partial charge in [-0.1, -0.05) is 12.8 Å². The van der Waals surface area contributed by atoms with Crippen molar-refractivity contribution in [1.29, 1.82) is 0 Å². The molecule has 4 unspecified atom stereocenters. The van der Waals surface area contributed by atoms with Crippen LogP contribution in [-0.4, -0.2) is 46.3 Å². The first-order chi connectivity index (χ1) is 8.78. The summed E-state index contributed by atoms with van der Waals surface area (Å²) in [6.07, 6.45) is 4.25. The second kappa shape index (κ2) is 7.81. The van der Waals surface area contributed by atoms with Gasteiger partial charge in [0.15, 0.2) is 5.79 Å². The quantitative estimate of drug-likeness (QED) is 0.416. The van der Waals surface area contributed by atoms with E-state index in [0.29, 0.717) is 13.0 Å². The van der Waals surface area contributed by atoms with Crippen LogP contribution in [0.1, 0.15) is 46.0 Å². The van der Waals surface area contributed by atoms with Crippen molar-refractivity contribution < 1.29 is 19.7 Å². The Kier molecular flexibility index (Phi) is 7.07. The minimum atomic E-state index is -1.15. The number of aliphatic hydroxyl groups excluding tert-OH is 1. The van der Waals surface area contributed by atoms with Crippen LogP contribution in [0.3, 0.4) is 0 Å². The van der Waals surface area contributed by atoms with Crippen molar-refractivity contribution in [3.63, 3.8) is 0 Å². The molecule has 0 aromatic heterocycles. The first-order valence-corrected chi connectivity index (χ1v) is 7.43. The van der Waals surface area contributed by atoms with Crippen LogP contribution in [-0.2, 0) is 9.47 Å². The summed E-state index contributed by atoms with van der Waals surface area (Å²) in [6.45, 7) is 3.62. The highest BCUT2D eigenvalue weighted by Gasteiger charge is 2.31. The fourth-order valence-electron chi connectivity index (χ4n) is 2.34. The first kappa shape index (κ1) is 17.2. The molecule has 0 aromatic rings. The molecule has 1 fully saturated rings. The van der Waals surface area contributed by atoms with Gasteiger partial charge in [0.25, 0.3) is 0 Å². The van der Waals surface area contributed by atoms with Crippen molar-refractivity contribution in [2.24, 2.45) is 5.73 Å². The Hall–Kier alpha value is 0.150. The Bertz CT molecular complexity index is 258. The molecule has 5 nitrogen and oxygen atoms in total. The molecule has 0 radical (unpaired) electrons. The number of ether oxygens (including phenoxy) is 2. The Balaban J connectivity index is 2.40. The molecule has 19 heavy (non-hydrogen) atoms. The molecule has 4 N–H and O–H groups in total. The molecule has 1 rings (SSSR count). The summed E-state index contributed by atoms with van der Waals surface area (Å²) in [4.78, 5) is 0. The highest BCUT2D eigenvalue weighted by atomic mass is 32.1. The predicted octanol–water partition coefficient (Wildman–Crippen LogP) is 1.02. The van der Waals surface area contributed by atoms with Crippen molar-refractivity contribution in [3.8, 4) is 0 Å². The van der Waals surface area contributed by atoms with Crippen LogP contribution in [0.2, 0.25) is 0 Å². The van der Waals surface area contributed by atoms with Gasteiger partial charge in [-0.05, 0) is 33.1 Å². The van der Waals surface area contributed by atoms with Crippen LogP contribution in [0.15, 0.2) is 0 Å². The largest absolute Gasteiger partial charge is 0.383 e. The van der Waals surface area contributed by atoms with Crippen LogP contribution in [0.5, 0.6) is 0 Å². The standard InChI is InChI=1S/C13H27NO4S/c1-13(2,16)18-11-6-4-3-5-10(11)17-8-9(14)7-12(15)19/h9-12,15-16,19H,3-8,14H2,1-2H3. The van der Waals surface area contributed by atoms with Crippen LogP contribution in [0.25, 0.3) is 0 Å². The van der Waals surface area contributed by atoms with Crippen LogP contribution < -0.4 is 5.73 Å². The number of hydrogen-bond acceptors (Lipinski definition) is 6. The van der Waals surface area contributed by atoms with Crippen molar-refractivity contribution in [2.75, 3.05) is 6.61 Å². The third-order valence-corrected chi connectivity index (χ3v) is 3.33. The van der Waals surface area contributed by atoms with Gasteiger partial charge >= 0.3 is 0 Å². The molecular formula is C13H27NO4S. The third kappa shape index (κ3) is 7.48. The molecule has 1 aliphatic carbocycles. The molecule has 0 saturated heterocycles.